The predicted octanol–water partition coefficient (Wildman–Crippen LogP) is 3.38. The van der Waals surface area contributed by atoms with Gasteiger partial charge in [-0.25, -0.2) is 9.18 Å². The SMILES string of the molecule is COc1ccc(CC(CNC(=O)OC(C)(C)C)(C(=O)O)C2CC2)cc1F. The number of carboxylic acid groups (broad SMARTS) is 1. The van der Waals surface area contributed by atoms with Crippen LogP contribution in [-0.4, -0.2) is 36.4 Å². The van der Waals surface area contributed by atoms with Gasteiger partial charge in [-0.05, 0) is 63.6 Å². The first-order valence-corrected chi connectivity index (χ1v) is 8.60. The molecule has 1 atom stereocenters. The van der Waals surface area contributed by atoms with Gasteiger partial charge < -0.3 is 19.9 Å². The fourth-order valence-corrected chi connectivity index (χ4v) is 3.04. The molecule has 1 aromatic carbocycles. The molecule has 0 radical (unpaired) electrons. The molecule has 6 nitrogen and oxygen atoms in total. The second-order valence-corrected chi connectivity index (χ2v) is 7.74. The highest BCUT2D eigenvalue weighted by Gasteiger charge is 2.51. The molecule has 0 aromatic heterocycles. The Morgan fingerprint density at radius 1 is 1.31 bits per heavy atom. The van der Waals surface area contributed by atoms with Gasteiger partial charge in [-0.2, -0.15) is 0 Å². The molecular formula is C19H26FNO5. The lowest BCUT2D eigenvalue weighted by Crippen LogP contribution is -2.47. The quantitative estimate of drug-likeness (QED) is 0.772. The van der Waals surface area contributed by atoms with Gasteiger partial charge in [0.25, 0.3) is 0 Å². The van der Waals surface area contributed by atoms with Crippen LogP contribution in [-0.2, 0) is 16.0 Å². The normalized spacial score (nSPS) is 16.5. The predicted molar refractivity (Wildman–Crippen MR) is 93.7 cm³/mol. The van der Waals surface area contributed by atoms with E-state index in [1.54, 1.807) is 26.8 Å². The summed E-state index contributed by atoms with van der Waals surface area (Å²) in [6.45, 7) is 5.13. The van der Waals surface area contributed by atoms with Crippen LogP contribution in [0.2, 0.25) is 0 Å². The highest BCUT2D eigenvalue weighted by molar-refractivity contribution is 5.78. The smallest absolute Gasteiger partial charge is 0.407 e. The molecule has 26 heavy (non-hydrogen) atoms. The maximum atomic E-state index is 14.0. The highest BCUT2D eigenvalue weighted by atomic mass is 19.1. The number of carbonyl (C=O) groups is 2. The third-order valence-electron chi connectivity index (χ3n) is 4.47. The van der Waals surface area contributed by atoms with Crippen LogP contribution in [0.25, 0.3) is 0 Å². The largest absolute Gasteiger partial charge is 0.494 e. The third-order valence-corrected chi connectivity index (χ3v) is 4.47. The standard InChI is InChI=1S/C19H26FNO5/c1-18(2,3)26-17(24)21-11-19(16(22)23,13-6-7-13)10-12-5-8-15(25-4)14(20)9-12/h5,8-9,13H,6-7,10-11H2,1-4H3,(H,21,24)(H,22,23). The number of hydrogen-bond acceptors (Lipinski definition) is 4. The number of methoxy groups -OCH3 is 1. The van der Waals surface area contributed by atoms with Crippen molar-refractivity contribution in [2.45, 2.75) is 45.6 Å². The minimum Gasteiger partial charge on any atom is -0.494 e. The molecular weight excluding hydrogens is 341 g/mol. The molecule has 7 heteroatoms. The molecule has 2 N–H and O–H groups in total. The van der Waals surface area contributed by atoms with Crippen molar-refractivity contribution in [1.82, 2.24) is 5.32 Å². The second-order valence-electron chi connectivity index (χ2n) is 7.74. The molecule has 0 heterocycles. The van der Waals surface area contributed by atoms with Crippen molar-refractivity contribution in [3.05, 3.63) is 29.6 Å². The van der Waals surface area contributed by atoms with E-state index in [4.69, 9.17) is 9.47 Å². The summed E-state index contributed by atoms with van der Waals surface area (Å²) in [6.07, 6.45) is 0.982. The topological polar surface area (TPSA) is 84.9 Å². The van der Waals surface area contributed by atoms with Crippen molar-refractivity contribution in [3.63, 3.8) is 0 Å². The maximum absolute atomic E-state index is 14.0. The number of carbonyl (C=O) groups excluding carboxylic acids is 1. The van der Waals surface area contributed by atoms with Crippen molar-refractivity contribution >= 4 is 12.1 Å². The van der Waals surface area contributed by atoms with E-state index in [1.807, 2.05) is 0 Å². The van der Waals surface area contributed by atoms with E-state index in [1.165, 1.54) is 19.2 Å². The Bertz CT molecular complexity index is 681. The summed E-state index contributed by atoms with van der Waals surface area (Å²) < 4.78 is 24.1. The molecule has 1 unspecified atom stereocenters. The summed E-state index contributed by atoms with van der Waals surface area (Å²) in [5, 5.41) is 12.5. The summed E-state index contributed by atoms with van der Waals surface area (Å²) in [7, 11) is 1.37. The first kappa shape index (κ1) is 20.0. The number of halogens is 1. The lowest BCUT2D eigenvalue weighted by Gasteiger charge is -2.30. The third kappa shape index (κ3) is 4.86. The summed E-state index contributed by atoms with van der Waals surface area (Å²) in [4.78, 5) is 24.1. The van der Waals surface area contributed by atoms with Crippen molar-refractivity contribution in [1.29, 1.82) is 0 Å². The number of carboxylic acids is 1. The van der Waals surface area contributed by atoms with Crippen LogP contribution in [0.4, 0.5) is 9.18 Å². The van der Waals surface area contributed by atoms with Crippen LogP contribution in [0.1, 0.15) is 39.2 Å². The van der Waals surface area contributed by atoms with Crippen molar-refractivity contribution in [2.24, 2.45) is 11.3 Å². The number of aliphatic carboxylic acids is 1. The molecule has 0 saturated heterocycles. The van der Waals surface area contributed by atoms with E-state index in [9.17, 15) is 19.1 Å². The molecule has 0 spiro atoms. The Hall–Kier alpha value is -2.31. The first-order chi connectivity index (χ1) is 12.1. The van der Waals surface area contributed by atoms with E-state index < -0.39 is 28.9 Å². The molecule has 144 valence electrons. The van der Waals surface area contributed by atoms with Gasteiger partial charge in [-0.3, -0.25) is 4.79 Å². The Balaban J connectivity index is 2.19. The van der Waals surface area contributed by atoms with Crippen molar-refractivity contribution in [3.8, 4) is 5.75 Å². The van der Waals surface area contributed by atoms with E-state index in [2.05, 4.69) is 5.32 Å². The first-order valence-electron chi connectivity index (χ1n) is 8.60. The number of ether oxygens (including phenoxy) is 2. The minimum atomic E-state index is -1.20. The zero-order chi connectivity index (χ0) is 19.5. The van der Waals surface area contributed by atoms with Crippen LogP contribution >= 0.6 is 0 Å². The summed E-state index contributed by atoms with van der Waals surface area (Å²) >= 11 is 0. The van der Waals surface area contributed by atoms with Crippen molar-refractivity contribution < 1.29 is 28.6 Å². The van der Waals surface area contributed by atoms with E-state index in [-0.39, 0.29) is 24.6 Å². The fraction of sp³-hybridized carbons (Fsp3) is 0.579. The van der Waals surface area contributed by atoms with Crippen LogP contribution in [0, 0.1) is 17.2 Å². The van der Waals surface area contributed by atoms with Gasteiger partial charge in [0.2, 0.25) is 0 Å². The molecule has 0 bridgehead atoms. The Labute approximate surface area is 152 Å². The van der Waals surface area contributed by atoms with Gasteiger partial charge in [0, 0.05) is 6.54 Å². The number of nitrogens with one attached hydrogen (secondary N) is 1. The summed E-state index contributed by atoms with van der Waals surface area (Å²) in [5.41, 5.74) is -1.32. The van der Waals surface area contributed by atoms with Gasteiger partial charge >= 0.3 is 12.1 Å². The monoisotopic (exact) mass is 367 g/mol. The van der Waals surface area contributed by atoms with Crippen LogP contribution in [0.5, 0.6) is 5.75 Å². The second kappa shape index (κ2) is 7.51. The van der Waals surface area contributed by atoms with Crippen molar-refractivity contribution in [2.75, 3.05) is 13.7 Å². The summed E-state index contributed by atoms with van der Waals surface area (Å²) in [6, 6.07) is 4.41. The fourth-order valence-electron chi connectivity index (χ4n) is 3.04. The molecule has 1 aliphatic carbocycles. The maximum Gasteiger partial charge on any atom is 0.407 e. The zero-order valence-corrected chi connectivity index (χ0v) is 15.6. The number of alkyl carbamates (subject to hydrolysis) is 1. The van der Waals surface area contributed by atoms with Crippen LogP contribution < -0.4 is 10.1 Å². The van der Waals surface area contributed by atoms with Gasteiger partial charge in [0.05, 0.1) is 12.5 Å². The lowest BCUT2D eigenvalue weighted by atomic mass is 9.77. The van der Waals surface area contributed by atoms with Crippen LogP contribution in [0.15, 0.2) is 18.2 Å². The number of amides is 1. The molecule has 1 fully saturated rings. The Morgan fingerprint density at radius 2 is 1.96 bits per heavy atom. The van der Waals surface area contributed by atoms with Crippen LogP contribution in [0.3, 0.4) is 0 Å². The summed E-state index contributed by atoms with van der Waals surface area (Å²) in [5.74, 6) is -1.51. The average Bonchev–Trinajstić information content (AvgIpc) is 3.34. The van der Waals surface area contributed by atoms with Gasteiger partial charge in [0.1, 0.15) is 5.60 Å². The van der Waals surface area contributed by atoms with E-state index in [0.717, 1.165) is 12.8 Å². The molecule has 0 aliphatic heterocycles. The highest BCUT2D eigenvalue weighted by Crippen LogP contribution is 2.48. The lowest BCUT2D eigenvalue weighted by molar-refractivity contribution is -0.150. The minimum absolute atomic E-state index is 0.0694. The molecule has 1 saturated carbocycles. The van der Waals surface area contributed by atoms with Gasteiger partial charge in [-0.1, -0.05) is 6.07 Å². The number of rotatable bonds is 7. The number of hydrogen-bond donors (Lipinski definition) is 2. The van der Waals surface area contributed by atoms with E-state index in [0.29, 0.717) is 5.56 Å². The Kier molecular flexibility index (Phi) is 5.78. The molecule has 1 amide bonds. The van der Waals surface area contributed by atoms with E-state index >= 15 is 0 Å². The zero-order valence-electron chi connectivity index (χ0n) is 15.6. The Morgan fingerprint density at radius 3 is 2.42 bits per heavy atom. The van der Waals surface area contributed by atoms with Gasteiger partial charge in [0.15, 0.2) is 11.6 Å². The molecule has 1 aliphatic rings. The molecule has 1 aromatic rings. The number of benzene rings is 1. The average molecular weight is 367 g/mol. The van der Waals surface area contributed by atoms with Gasteiger partial charge in [-0.15, -0.1) is 0 Å². The molecule has 2 rings (SSSR count).